The summed E-state index contributed by atoms with van der Waals surface area (Å²) in [6.07, 6.45) is 9.15. The summed E-state index contributed by atoms with van der Waals surface area (Å²) in [6, 6.07) is -0.165. The first kappa shape index (κ1) is 10.4. The van der Waals surface area contributed by atoms with Crippen LogP contribution in [-0.4, -0.2) is 31.9 Å². The molecule has 0 saturated carbocycles. The largest absolute Gasteiger partial charge is 0.337 e. The lowest BCUT2D eigenvalue weighted by atomic mass is 10.2. The summed E-state index contributed by atoms with van der Waals surface area (Å²) < 4.78 is 3.15. The minimum absolute atomic E-state index is 0.165. The van der Waals surface area contributed by atoms with Gasteiger partial charge in [-0.3, -0.25) is 9.25 Å². The van der Waals surface area contributed by atoms with Gasteiger partial charge in [-0.15, -0.1) is 0 Å². The number of imidazole rings is 1. The summed E-state index contributed by atoms with van der Waals surface area (Å²) >= 11 is 0. The lowest BCUT2D eigenvalue weighted by Gasteiger charge is -2.03. The highest BCUT2D eigenvalue weighted by atomic mass is 16.2. The standard InChI is InChI=1S/C10H13N5O/c1-14-7-9(6-13-14)2-3-12-10(16)15-5-4-11-8-15/h4-8H,2-3H2,1H3,(H,12,16). The van der Waals surface area contributed by atoms with E-state index in [4.69, 9.17) is 0 Å². The lowest BCUT2D eigenvalue weighted by molar-refractivity contribution is 0.242. The van der Waals surface area contributed by atoms with Gasteiger partial charge in [-0.25, -0.2) is 9.78 Å². The number of hydrogen-bond acceptors (Lipinski definition) is 3. The Hall–Kier alpha value is -2.11. The topological polar surface area (TPSA) is 64.7 Å². The number of rotatable bonds is 3. The predicted octanol–water partition coefficient (Wildman–Crippen LogP) is 0.417. The molecule has 0 spiro atoms. The maximum atomic E-state index is 11.5. The van der Waals surface area contributed by atoms with E-state index >= 15 is 0 Å². The van der Waals surface area contributed by atoms with Crippen molar-refractivity contribution in [2.24, 2.45) is 7.05 Å². The highest BCUT2D eigenvalue weighted by Gasteiger charge is 2.02. The molecule has 6 nitrogen and oxygen atoms in total. The molecule has 2 aromatic heterocycles. The second kappa shape index (κ2) is 4.61. The minimum atomic E-state index is -0.165. The third-order valence-corrected chi connectivity index (χ3v) is 2.19. The van der Waals surface area contributed by atoms with E-state index < -0.39 is 0 Å². The first-order valence-electron chi connectivity index (χ1n) is 4.99. The summed E-state index contributed by atoms with van der Waals surface area (Å²) in [5, 5.41) is 6.84. The van der Waals surface area contributed by atoms with E-state index in [-0.39, 0.29) is 6.03 Å². The molecule has 0 aliphatic rings. The van der Waals surface area contributed by atoms with E-state index in [9.17, 15) is 4.79 Å². The van der Waals surface area contributed by atoms with Gasteiger partial charge in [0, 0.05) is 32.2 Å². The van der Waals surface area contributed by atoms with Crippen molar-refractivity contribution in [1.82, 2.24) is 24.6 Å². The molecule has 0 atom stereocenters. The fraction of sp³-hybridized carbons (Fsp3) is 0.300. The van der Waals surface area contributed by atoms with Crippen molar-refractivity contribution in [1.29, 1.82) is 0 Å². The third kappa shape index (κ3) is 2.47. The molecule has 16 heavy (non-hydrogen) atoms. The monoisotopic (exact) mass is 219 g/mol. The molecule has 0 aromatic carbocycles. The second-order valence-corrected chi connectivity index (χ2v) is 3.47. The summed E-state index contributed by atoms with van der Waals surface area (Å²) in [7, 11) is 1.87. The zero-order chi connectivity index (χ0) is 11.4. The molecule has 1 N–H and O–H groups in total. The zero-order valence-electron chi connectivity index (χ0n) is 9.00. The Balaban J connectivity index is 1.78. The Morgan fingerprint density at radius 2 is 2.44 bits per heavy atom. The zero-order valence-corrected chi connectivity index (χ0v) is 9.00. The number of amides is 1. The third-order valence-electron chi connectivity index (χ3n) is 2.19. The Morgan fingerprint density at radius 1 is 1.56 bits per heavy atom. The Bertz CT molecular complexity index is 459. The van der Waals surface area contributed by atoms with E-state index in [0.29, 0.717) is 6.54 Å². The molecule has 1 amide bonds. The lowest BCUT2D eigenvalue weighted by Crippen LogP contribution is -2.29. The van der Waals surface area contributed by atoms with Crippen molar-refractivity contribution >= 4 is 6.03 Å². The van der Waals surface area contributed by atoms with Crippen LogP contribution in [0.1, 0.15) is 5.56 Å². The van der Waals surface area contributed by atoms with Crippen molar-refractivity contribution in [3.8, 4) is 0 Å². The summed E-state index contributed by atoms with van der Waals surface area (Å²) in [5.74, 6) is 0. The van der Waals surface area contributed by atoms with E-state index in [2.05, 4.69) is 15.4 Å². The maximum Gasteiger partial charge on any atom is 0.326 e. The van der Waals surface area contributed by atoms with Crippen LogP contribution in [0.25, 0.3) is 0 Å². The van der Waals surface area contributed by atoms with Gasteiger partial charge < -0.3 is 5.32 Å². The van der Waals surface area contributed by atoms with Gasteiger partial charge in [0.1, 0.15) is 6.33 Å². The second-order valence-electron chi connectivity index (χ2n) is 3.47. The molecule has 6 heteroatoms. The van der Waals surface area contributed by atoms with Crippen molar-refractivity contribution in [2.45, 2.75) is 6.42 Å². The van der Waals surface area contributed by atoms with Gasteiger partial charge in [-0.2, -0.15) is 5.10 Å². The molecule has 2 aromatic rings. The quantitative estimate of drug-likeness (QED) is 0.813. The first-order chi connectivity index (χ1) is 7.75. The van der Waals surface area contributed by atoms with Crippen LogP contribution < -0.4 is 5.32 Å². The van der Waals surface area contributed by atoms with Gasteiger partial charge >= 0.3 is 6.03 Å². The van der Waals surface area contributed by atoms with Crippen LogP contribution in [0.3, 0.4) is 0 Å². The van der Waals surface area contributed by atoms with Crippen LogP contribution in [0.15, 0.2) is 31.1 Å². The number of nitrogens with zero attached hydrogens (tertiary/aromatic N) is 4. The van der Waals surface area contributed by atoms with E-state index in [1.807, 2.05) is 13.2 Å². The molecule has 2 heterocycles. The van der Waals surface area contributed by atoms with Gasteiger partial charge in [0.05, 0.1) is 6.20 Å². The smallest absolute Gasteiger partial charge is 0.326 e. The van der Waals surface area contributed by atoms with Crippen molar-refractivity contribution in [2.75, 3.05) is 6.54 Å². The van der Waals surface area contributed by atoms with E-state index in [1.165, 1.54) is 10.9 Å². The van der Waals surface area contributed by atoms with Gasteiger partial charge in [-0.05, 0) is 12.0 Å². The highest BCUT2D eigenvalue weighted by Crippen LogP contribution is 1.96. The number of aromatic nitrogens is 4. The Kier molecular flexibility index (Phi) is 3.00. The van der Waals surface area contributed by atoms with Crippen molar-refractivity contribution in [3.05, 3.63) is 36.7 Å². The van der Waals surface area contributed by atoms with Crippen LogP contribution in [0.5, 0.6) is 0 Å². The van der Waals surface area contributed by atoms with Crippen LogP contribution in [0, 0.1) is 0 Å². The minimum Gasteiger partial charge on any atom is -0.337 e. The number of hydrogen-bond donors (Lipinski definition) is 1. The van der Waals surface area contributed by atoms with E-state index in [0.717, 1.165) is 12.0 Å². The molecule has 0 aliphatic carbocycles. The number of nitrogens with one attached hydrogen (secondary N) is 1. The molecule has 0 saturated heterocycles. The van der Waals surface area contributed by atoms with Gasteiger partial charge in [-0.1, -0.05) is 0 Å². The van der Waals surface area contributed by atoms with Crippen LogP contribution in [0.2, 0.25) is 0 Å². The SMILES string of the molecule is Cn1cc(CCNC(=O)n2ccnc2)cn1. The molecular weight excluding hydrogens is 206 g/mol. The molecule has 0 bridgehead atoms. The number of aryl methyl sites for hydroxylation is 1. The number of carbonyl (C=O) groups excluding carboxylic acids is 1. The summed E-state index contributed by atoms with van der Waals surface area (Å²) in [6.45, 7) is 0.586. The van der Waals surface area contributed by atoms with Crippen molar-refractivity contribution in [3.63, 3.8) is 0 Å². The molecule has 0 unspecified atom stereocenters. The molecule has 0 fully saturated rings. The Morgan fingerprint density at radius 3 is 3.06 bits per heavy atom. The van der Waals surface area contributed by atoms with Gasteiger partial charge in [0.15, 0.2) is 0 Å². The maximum absolute atomic E-state index is 11.5. The molecule has 2 rings (SSSR count). The van der Waals surface area contributed by atoms with Crippen LogP contribution >= 0.6 is 0 Å². The number of carbonyl (C=O) groups is 1. The molecule has 0 radical (unpaired) electrons. The average Bonchev–Trinajstić information content (AvgIpc) is 2.89. The molecular formula is C10H13N5O. The highest BCUT2D eigenvalue weighted by molar-refractivity contribution is 5.76. The van der Waals surface area contributed by atoms with Crippen LogP contribution in [-0.2, 0) is 13.5 Å². The van der Waals surface area contributed by atoms with Crippen molar-refractivity contribution < 1.29 is 4.79 Å². The summed E-state index contributed by atoms with van der Waals surface area (Å²) in [5.41, 5.74) is 1.11. The predicted molar refractivity (Wildman–Crippen MR) is 57.9 cm³/mol. The Labute approximate surface area is 92.9 Å². The fourth-order valence-electron chi connectivity index (χ4n) is 1.39. The molecule has 0 aliphatic heterocycles. The normalized spacial score (nSPS) is 10.3. The summed E-state index contributed by atoms with van der Waals surface area (Å²) in [4.78, 5) is 15.3. The first-order valence-corrected chi connectivity index (χ1v) is 4.99. The van der Waals surface area contributed by atoms with Gasteiger partial charge in [0.2, 0.25) is 0 Å². The van der Waals surface area contributed by atoms with Crippen LogP contribution in [0.4, 0.5) is 4.79 Å². The van der Waals surface area contributed by atoms with Gasteiger partial charge in [0.25, 0.3) is 0 Å². The van der Waals surface area contributed by atoms with E-state index in [1.54, 1.807) is 23.3 Å². The molecule has 84 valence electrons. The average molecular weight is 219 g/mol. The fourth-order valence-corrected chi connectivity index (χ4v) is 1.39.